The van der Waals surface area contributed by atoms with Crippen LogP contribution in [0.1, 0.15) is 207 Å². The van der Waals surface area contributed by atoms with Gasteiger partial charge >= 0.3 is 11.9 Å². The molecule has 2 unspecified atom stereocenters. The third-order valence-electron chi connectivity index (χ3n) is 9.36. The second-order valence-electron chi connectivity index (χ2n) is 14.7. The molecule has 1 aliphatic heterocycles. The number of ether oxygens (including phenoxy) is 4. The van der Waals surface area contributed by atoms with Crippen LogP contribution in [0, 0.1) is 0 Å². The highest BCUT2D eigenvalue weighted by Gasteiger charge is 2.50. The van der Waals surface area contributed by atoms with Gasteiger partial charge in [-0.15, -0.1) is 0 Å². The fourth-order valence-corrected chi connectivity index (χ4v) is 6.32. The largest absolute Gasteiger partial charge is 0.464 e. The Kier molecular flexibility index (Phi) is 29.9. The van der Waals surface area contributed by atoms with E-state index in [0.717, 1.165) is 38.5 Å². The van der Waals surface area contributed by atoms with E-state index >= 15 is 0 Å². The number of hydrogen-bond acceptors (Lipinski definition) is 6. The minimum atomic E-state index is -1.09. The Morgan fingerprint density at radius 1 is 0.449 bits per heavy atom. The van der Waals surface area contributed by atoms with Gasteiger partial charge in [0.2, 0.25) is 0 Å². The molecule has 2 atom stereocenters. The van der Waals surface area contributed by atoms with E-state index in [1.54, 1.807) is 13.8 Å². The average Bonchev–Trinajstić information content (AvgIpc) is 3.42. The predicted octanol–water partition coefficient (Wildman–Crippen LogP) is 12.7. The van der Waals surface area contributed by atoms with E-state index < -0.39 is 29.9 Å². The fraction of sp³-hybridized carbons (Fsp3) is 0.860. The first-order chi connectivity index (χ1) is 23.9. The van der Waals surface area contributed by atoms with Gasteiger partial charge in [-0.3, -0.25) is 0 Å². The summed E-state index contributed by atoms with van der Waals surface area (Å²) >= 11 is 0. The van der Waals surface area contributed by atoms with E-state index in [-0.39, 0.29) is 0 Å². The normalized spacial score (nSPS) is 17.4. The SMILES string of the molecule is CCCCCCCC/C=C\CCCCCCCCOC(=O)C1OC(C)(C)OC1C(=O)OCCCCCCCC/C=C\CCCCCCCC. The van der Waals surface area contributed by atoms with Crippen LogP contribution in [0.25, 0.3) is 0 Å². The van der Waals surface area contributed by atoms with Crippen LogP contribution >= 0.6 is 0 Å². The lowest BCUT2D eigenvalue weighted by molar-refractivity contribution is -0.173. The molecular weight excluding hydrogens is 612 g/mol. The van der Waals surface area contributed by atoms with E-state index in [9.17, 15) is 9.59 Å². The standard InChI is InChI=1S/C43H78O6/c1-5-7-9-11-13-15-17-19-21-23-25-27-29-31-33-35-37-46-41(44)39-40(49-43(3,4)48-39)42(45)47-38-36-34-32-30-28-26-24-22-20-18-16-14-12-10-8-6-2/h19-22,39-40H,5-18,23-38H2,1-4H3/b21-19-,22-20-. The molecule has 0 aromatic carbocycles. The van der Waals surface area contributed by atoms with Crippen molar-refractivity contribution in [3.63, 3.8) is 0 Å². The third kappa shape index (κ3) is 26.8. The van der Waals surface area contributed by atoms with Gasteiger partial charge in [0.1, 0.15) is 0 Å². The van der Waals surface area contributed by atoms with Crippen molar-refractivity contribution in [2.75, 3.05) is 13.2 Å². The number of unbranched alkanes of at least 4 members (excludes halogenated alkanes) is 24. The summed E-state index contributed by atoms with van der Waals surface area (Å²) in [7, 11) is 0. The molecule has 1 aliphatic rings. The zero-order chi connectivity index (χ0) is 35.7. The molecule has 1 saturated heterocycles. The molecule has 0 aliphatic carbocycles. The molecule has 1 rings (SSSR count). The molecule has 0 N–H and O–H groups in total. The van der Waals surface area contributed by atoms with Crippen molar-refractivity contribution in [3.05, 3.63) is 24.3 Å². The number of esters is 2. The van der Waals surface area contributed by atoms with E-state index in [2.05, 4.69) is 38.2 Å². The van der Waals surface area contributed by atoms with Crippen molar-refractivity contribution < 1.29 is 28.5 Å². The molecule has 0 aromatic rings. The molecule has 6 heteroatoms. The topological polar surface area (TPSA) is 71.1 Å². The Balaban J connectivity index is 2.05. The second kappa shape index (κ2) is 32.3. The number of carbonyl (C=O) groups is 2. The molecular formula is C43H78O6. The van der Waals surface area contributed by atoms with Gasteiger partial charge in [-0.1, -0.05) is 154 Å². The van der Waals surface area contributed by atoms with E-state index in [0.29, 0.717) is 13.2 Å². The quantitative estimate of drug-likeness (QED) is 0.0380. The van der Waals surface area contributed by atoms with Gasteiger partial charge in [0, 0.05) is 0 Å². The van der Waals surface area contributed by atoms with Crippen LogP contribution < -0.4 is 0 Å². The van der Waals surface area contributed by atoms with E-state index in [1.807, 2.05) is 0 Å². The van der Waals surface area contributed by atoms with Crippen molar-refractivity contribution in [2.24, 2.45) is 0 Å². The Hall–Kier alpha value is -1.66. The van der Waals surface area contributed by atoms with Gasteiger partial charge < -0.3 is 18.9 Å². The third-order valence-corrected chi connectivity index (χ3v) is 9.36. The Morgan fingerprint density at radius 3 is 1.02 bits per heavy atom. The maximum atomic E-state index is 12.8. The number of carbonyl (C=O) groups excluding carboxylic acids is 2. The summed E-state index contributed by atoms with van der Waals surface area (Å²) in [4.78, 5) is 25.6. The van der Waals surface area contributed by atoms with Crippen LogP contribution in [0.4, 0.5) is 0 Å². The van der Waals surface area contributed by atoms with Crippen LogP contribution in [0.5, 0.6) is 0 Å². The smallest absolute Gasteiger partial charge is 0.338 e. The Labute approximate surface area is 302 Å². The molecule has 0 aromatic heterocycles. The first-order valence-electron chi connectivity index (χ1n) is 20.9. The van der Waals surface area contributed by atoms with Gasteiger partial charge in [0.25, 0.3) is 0 Å². The molecule has 49 heavy (non-hydrogen) atoms. The summed E-state index contributed by atoms with van der Waals surface area (Å²) in [5, 5.41) is 0. The van der Waals surface area contributed by atoms with Crippen molar-refractivity contribution in [2.45, 2.75) is 225 Å². The molecule has 1 heterocycles. The summed E-state index contributed by atoms with van der Waals surface area (Å²) in [6, 6.07) is 0. The first-order valence-corrected chi connectivity index (χ1v) is 20.9. The molecule has 0 saturated carbocycles. The highest BCUT2D eigenvalue weighted by Crippen LogP contribution is 2.30. The highest BCUT2D eigenvalue weighted by molar-refractivity contribution is 5.86. The predicted molar refractivity (Wildman–Crippen MR) is 205 cm³/mol. The van der Waals surface area contributed by atoms with Gasteiger partial charge in [-0.2, -0.15) is 0 Å². The molecule has 0 radical (unpaired) electrons. The lowest BCUT2D eigenvalue weighted by Gasteiger charge is -2.16. The van der Waals surface area contributed by atoms with Gasteiger partial charge in [-0.05, 0) is 78.1 Å². The minimum absolute atomic E-state index is 0.331. The van der Waals surface area contributed by atoms with Gasteiger partial charge in [-0.25, -0.2) is 9.59 Å². The Morgan fingerprint density at radius 2 is 0.714 bits per heavy atom. The zero-order valence-corrected chi connectivity index (χ0v) is 32.6. The van der Waals surface area contributed by atoms with Crippen molar-refractivity contribution in [1.29, 1.82) is 0 Å². The van der Waals surface area contributed by atoms with E-state index in [1.165, 1.54) is 141 Å². The highest BCUT2D eigenvalue weighted by atomic mass is 16.8. The zero-order valence-electron chi connectivity index (χ0n) is 32.6. The Bertz CT molecular complexity index is 768. The molecule has 286 valence electrons. The van der Waals surface area contributed by atoms with Gasteiger partial charge in [0.15, 0.2) is 18.0 Å². The summed E-state index contributed by atoms with van der Waals surface area (Å²) < 4.78 is 22.5. The molecule has 0 spiro atoms. The monoisotopic (exact) mass is 691 g/mol. The molecule has 6 nitrogen and oxygen atoms in total. The fourth-order valence-electron chi connectivity index (χ4n) is 6.32. The lowest BCUT2D eigenvalue weighted by atomic mass is 10.1. The van der Waals surface area contributed by atoms with Crippen molar-refractivity contribution >= 4 is 11.9 Å². The van der Waals surface area contributed by atoms with Crippen LogP contribution in [-0.2, 0) is 28.5 Å². The first kappa shape index (κ1) is 45.4. The minimum Gasteiger partial charge on any atom is -0.464 e. The average molecular weight is 691 g/mol. The number of allylic oxidation sites excluding steroid dienone is 4. The van der Waals surface area contributed by atoms with Crippen LogP contribution in [0.2, 0.25) is 0 Å². The van der Waals surface area contributed by atoms with E-state index in [4.69, 9.17) is 18.9 Å². The maximum Gasteiger partial charge on any atom is 0.338 e. The molecule has 1 fully saturated rings. The molecule has 0 bridgehead atoms. The van der Waals surface area contributed by atoms with Crippen molar-refractivity contribution in [1.82, 2.24) is 0 Å². The summed E-state index contributed by atoms with van der Waals surface area (Å²) in [6.07, 6.45) is 41.7. The van der Waals surface area contributed by atoms with Crippen LogP contribution in [0.3, 0.4) is 0 Å². The number of hydrogen-bond donors (Lipinski definition) is 0. The summed E-state index contributed by atoms with van der Waals surface area (Å²) in [6.45, 7) is 8.60. The maximum absolute atomic E-state index is 12.8. The summed E-state index contributed by atoms with van der Waals surface area (Å²) in [5.74, 6) is -2.13. The number of rotatable bonds is 34. The van der Waals surface area contributed by atoms with Crippen LogP contribution in [0.15, 0.2) is 24.3 Å². The molecule has 0 amide bonds. The van der Waals surface area contributed by atoms with Crippen LogP contribution in [-0.4, -0.2) is 43.1 Å². The second-order valence-corrected chi connectivity index (χ2v) is 14.7. The lowest BCUT2D eigenvalue weighted by Crippen LogP contribution is -2.39. The van der Waals surface area contributed by atoms with Crippen molar-refractivity contribution in [3.8, 4) is 0 Å². The summed E-state index contributed by atoms with van der Waals surface area (Å²) in [5.41, 5.74) is 0. The van der Waals surface area contributed by atoms with Gasteiger partial charge in [0.05, 0.1) is 13.2 Å².